The molecule has 0 bridgehead atoms. The maximum absolute atomic E-state index is 13.1. The van der Waals surface area contributed by atoms with E-state index in [1.54, 1.807) is 30.3 Å². The molecular formula is C31H40F2N2O7S. The highest BCUT2D eigenvalue weighted by Gasteiger charge is 2.46. The quantitative estimate of drug-likeness (QED) is 0.156. The third-order valence-electron chi connectivity index (χ3n) is 5.83. The molecule has 0 aromatic heterocycles. The summed E-state index contributed by atoms with van der Waals surface area (Å²) in [5, 5.41) is 20.7. The van der Waals surface area contributed by atoms with E-state index in [1.807, 2.05) is 12.2 Å². The third-order valence-corrected chi connectivity index (χ3v) is 7.55. The normalized spacial score (nSPS) is 15.8. The summed E-state index contributed by atoms with van der Waals surface area (Å²) in [4.78, 5) is 24.2. The minimum absolute atomic E-state index is 0.0170. The second kappa shape index (κ2) is 18.0. The molecule has 1 heterocycles. The molecular weight excluding hydrogens is 582 g/mol. The number of amides is 2. The lowest BCUT2D eigenvalue weighted by atomic mass is 9.95. The van der Waals surface area contributed by atoms with Gasteiger partial charge in [-0.25, -0.2) is 22.7 Å². The molecule has 2 atom stereocenters. The van der Waals surface area contributed by atoms with Gasteiger partial charge in [-0.2, -0.15) is 0 Å². The first-order valence-corrected chi connectivity index (χ1v) is 15.5. The highest BCUT2D eigenvalue weighted by atomic mass is 32.2. The van der Waals surface area contributed by atoms with Crippen molar-refractivity contribution in [1.29, 1.82) is 0 Å². The lowest BCUT2D eigenvalue weighted by Gasteiger charge is -2.30. The zero-order chi connectivity index (χ0) is 32.6. The number of rotatable bonds is 7. The van der Waals surface area contributed by atoms with Crippen LogP contribution in [-0.2, 0) is 14.6 Å². The van der Waals surface area contributed by atoms with Crippen LogP contribution in [0.5, 0.6) is 5.75 Å². The van der Waals surface area contributed by atoms with E-state index in [2.05, 4.69) is 32.3 Å². The summed E-state index contributed by atoms with van der Waals surface area (Å²) in [7, 11) is -2.96. The molecule has 0 saturated carbocycles. The van der Waals surface area contributed by atoms with Gasteiger partial charge in [0.1, 0.15) is 17.9 Å². The third kappa shape index (κ3) is 12.5. The van der Waals surface area contributed by atoms with E-state index in [4.69, 9.17) is 9.94 Å². The van der Waals surface area contributed by atoms with Gasteiger partial charge in [0.15, 0.2) is 15.4 Å². The Morgan fingerprint density at radius 2 is 1.51 bits per heavy atom. The summed E-state index contributed by atoms with van der Waals surface area (Å²) in [6, 6.07) is 10.7. The van der Waals surface area contributed by atoms with Crippen LogP contribution in [0.1, 0.15) is 68.4 Å². The lowest BCUT2D eigenvalue weighted by molar-refractivity contribution is -0.149. The number of sulfone groups is 1. The maximum atomic E-state index is 13.1. The molecule has 236 valence electrons. The SMILES string of the molecule is C=CC.CCC.C[C@@](O)(C(F)F)C(NC(=O)c1ccc(C#Cc2ccc(OC3CCS(=O)(=O)CC3)cc2)cc1)C(=O)NO. The van der Waals surface area contributed by atoms with Gasteiger partial charge >= 0.3 is 0 Å². The number of ether oxygens (including phenoxy) is 1. The van der Waals surface area contributed by atoms with Gasteiger partial charge < -0.3 is 15.2 Å². The van der Waals surface area contributed by atoms with Gasteiger partial charge in [-0.15, -0.1) is 6.58 Å². The van der Waals surface area contributed by atoms with Crippen molar-refractivity contribution in [2.75, 3.05) is 11.5 Å². The summed E-state index contributed by atoms with van der Waals surface area (Å²) in [5.41, 5.74) is -0.519. The van der Waals surface area contributed by atoms with E-state index in [0.29, 0.717) is 36.6 Å². The minimum Gasteiger partial charge on any atom is -0.490 e. The fourth-order valence-electron chi connectivity index (χ4n) is 3.53. The average Bonchev–Trinajstić information content (AvgIpc) is 2.97. The van der Waals surface area contributed by atoms with Gasteiger partial charge in [-0.05, 0) is 75.2 Å². The van der Waals surface area contributed by atoms with E-state index in [-0.39, 0.29) is 23.2 Å². The number of halogens is 2. The molecule has 3 rings (SSSR count). The Labute approximate surface area is 252 Å². The molecule has 43 heavy (non-hydrogen) atoms. The molecule has 4 N–H and O–H groups in total. The molecule has 9 nitrogen and oxygen atoms in total. The number of nitrogens with one attached hydrogen (secondary N) is 2. The van der Waals surface area contributed by atoms with Crippen LogP contribution in [-0.4, -0.2) is 66.2 Å². The number of carbonyl (C=O) groups is 2. The van der Waals surface area contributed by atoms with Crippen LogP contribution in [0.15, 0.2) is 61.2 Å². The molecule has 12 heteroatoms. The average molecular weight is 623 g/mol. The molecule has 1 aliphatic rings. The predicted molar refractivity (Wildman–Crippen MR) is 161 cm³/mol. The van der Waals surface area contributed by atoms with Crippen molar-refractivity contribution in [1.82, 2.24) is 10.8 Å². The molecule has 0 aliphatic carbocycles. The maximum Gasteiger partial charge on any atom is 0.269 e. The Morgan fingerprint density at radius 1 is 1.07 bits per heavy atom. The molecule has 2 aromatic rings. The van der Waals surface area contributed by atoms with Crippen molar-refractivity contribution in [2.45, 2.75) is 71.1 Å². The Bertz CT molecular complexity index is 1340. The van der Waals surface area contributed by atoms with Crippen molar-refractivity contribution in [3.63, 3.8) is 0 Å². The first-order valence-electron chi connectivity index (χ1n) is 13.7. The molecule has 2 aromatic carbocycles. The van der Waals surface area contributed by atoms with Crippen LogP contribution in [0.4, 0.5) is 8.78 Å². The van der Waals surface area contributed by atoms with Gasteiger partial charge in [-0.3, -0.25) is 14.8 Å². The number of allylic oxidation sites excluding steroid dienone is 1. The van der Waals surface area contributed by atoms with Gasteiger partial charge in [0.25, 0.3) is 18.2 Å². The van der Waals surface area contributed by atoms with Gasteiger partial charge in [0.05, 0.1) is 11.5 Å². The van der Waals surface area contributed by atoms with Crippen molar-refractivity contribution >= 4 is 21.7 Å². The highest BCUT2D eigenvalue weighted by Crippen LogP contribution is 2.22. The number of hydrogen-bond acceptors (Lipinski definition) is 7. The Balaban J connectivity index is 0.00000142. The van der Waals surface area contributed by atoms with Crippen LogP contribution in [0.2, 0.25) is 0 Å². The number of alkyl halides is 2. The zero-order valence-corrected chi connectivity index (χ0v) is 25.6. The zero-order valence-electron chi connectivity index (χ0n) is 24.8. The van der Waals surface area contributed by atoms with Crippen molar-refractivity contribution in [3.05, 3.63) is 77.9 Å². The number of hydroxylamine groups is 1. The van der Waals surface area contributed by atoms with Gasteiger partial charge in [-0.1, -0.05) is 38.2 Å². The van der Waals surface area contributed by atoms with Crippen molar-refractivity contribution in [3.8, 4) is 17.6 Å². The van der Waals surface area contributed by atoms with E-state index < -0.39 is 39.7 Å². The number of aliphatic hydroxyl groups is 1. The largest absolute Gasteiger partial charge is 0.490 e. The molecule has 1 fully saturated rings. The smallest absolute Gasteiger partial charge is 0.269 e. The van der Waals surface area contributed by atoms with E-state index in [0.717, 1.165) is 5.48 Å². The van der Waals surface area contributed by atoms with Crippen LogP contribution in [0.3, 0.4) is 0 Å². The number of hydrogen-bond donors (Lipinski definition) is 4. The van der Waals surface area contributed by atoms with Crippen molar-refractivity contribution < 1.29 is 41.8 Å². The Morgan fingerprint density at radius 3 is 1.93 bits per heavy atom. The topological polar surface area (TPSA) is 142 Å². The minimum atomic E-state index is -3.38. The number of carbonyl (C=O) groups excluding carboxylic acids is 2. The molecule has 1 aliphatic heterocycles. The van der Waals surface area contributed by atoms with Crippen LogP contribution >= 0.6 is 0 Å². The van der Waals surface area contributed by atoms with E-state index in [1.165, 1.54) is 30.7 Å². The lowest BCUT2D eigenvalue weighted by Crippen LogP contribution is -2.61. The van der Waals surface area contributed by atoms with Crippen LogP contribution < -0.4 is 15.5 Å². The van der Waals surface area contributed by atoms with Crippen molar-refractivity contribution in [2.24, 2.45) is 0 Å². The molecule has 1 saturated heterocycles. The summed E-state index contributed by atoms with van der Waals surface area (Å²) in [5.74, 6) is 4.42. The fourth-order valence-corrected chi connectivity index (χ4v) is 4.97. The first-order chi connectivity index (χ1) is 20.2. The molecule has 0 spiro atoms. The summed E-state index contributed by atoms with van der Waals surface area (Å²) in [6.07, 6.45) is 0.391. The van der Waals surface area contributed by atoms with E-state index in [9.17, 15) is 31.9 Å². The summed E-state index contributed by atoms with van der Waals surface area (Å²) >= 11 is 0. The molecule has 2 amide bonds. The molecule has 1 unspecified atom stereocenters. The standard InChI is InChI=1S/C25H26F2N2O7S.C3H8.C3H6/c1-25(32,24(26)27)21(23(31)29-33)28-22(30)18-8-4-16(5-9-18)2-3-17-6-10-19(11-7-17)36-20-12-14-37(34,35)15-13-20;2*1-3-2/h4-11,20-21,24,32-33H,12-15H2,1H3,(H,28,30)(H,29,31);3H2,1-2H3;3H,1H2,2H3/t21?,25-;;/m0../s1. The predicted octanol–water partition coefficient (Wildman–Crippen LogP) is 4.27. The Hall–Kier alpha value is -3.79. The van der Waals surface area contributed by atoms with Gasteiger partial charge in [0, 0.05) is 16.7 Å². The van der Waals surface area contributed by atoms with Gasteiger partial charge in [0.2, 0.25) is 0 Å². The van der Waals surface area contributed by atoms with Crippen LogP contribution in [0, 0.1) is 11.8 Å². The summed E-state index contributed by atoms with van der Waals surface area (Å²) in [6.45, 7) is 10.2. The second-order valence-corrected chi connectivity index (χ2v) is 12.1. The highest BCUT2D eigenvalue weighted by molar-refractivity contribution is 7.91. The first kappa shape index (κ1) is 37.2. The second-order valence-electron chi connectivity index (χ2n) is 9.85. The molecule has 0 radical (unpaired) electrons. The Kier molecular flexibility index (Phi) is 15.6. The monoisotopic (exact) mass is 622 g/mol. The number of benzene rings is 2. The van der Waals surface area contributed by atoms with E-state index >= 15 is 0 Å². The summed E-state index contributed by atoms with van der Waals surface area (Å²) < 4.78 is 55.2. The van der Waals surface area contributed by atoms with Crippen LogP contribution in [0.25, 0.3) is 0 Å². The fraction of sp³-hybridized carbons (Fsp3) is 0.419.